The van der Waals surface area contributed by atoms with Crippen LogP contribution < -0.4 is 10.6 Å². The van der Waals surface area contributed by atoms with Gasteiger partial charge in [-0.05, 0) is 33.4 Å². The van der Waals surface area contributed by atoms with Gasteiger partial charge >= 0.3 is 0 Å². The molecular formula is C16H29Cl2N5. The van der Waals surface area contributed by atoms with E-state index in [0.717, 1.165) is 37.8 Å². The molecule has 0 spiro atoms. The van der Waals surface area contributed by atoms with Crippen molar-refractivity contribution in [2.75, 3.05) is 26.2 Å². The van der Waals surface area contributed by atoms with Crippen molar-refractivity contribution in [3.63, 3.8) is 0 Å². The molecule has 1 aromatic heterocycles. The Morgan fingerprint density at radius 2 is 2.00 bits per heavy atom. The first kappa shape index (κ1) is 20.1. The molecule has 0 aliphatic rings. The van der Waals surface area contributed by atoms with Crippen LogP contribution >= 0.6 is 23.2 Å². The van der Waals surface area contributed by atoms with Gasteiger partial charge in [-0.1, -0.05) is 30.1 Å². The molecule has 0 aliphatic heterocycles. The Balaban J connectivity index is 2.61. The molecule has 0 saturated heterocycles. The number of hydrogen-bond donors (Lipinski definition) is 2. The number of hydrogen-bond acceptors (Lipinski definition) is 2. The van der Waals surface area contributed by atoms with Gasteiger partial charge in [0.25, 0.3) is 0 Å². The second-order valence-corrected chi connectivity index (χ2v) is 6.44. The average molecular weight is 362 g/mol. The van der Waals surface area contributed by atoms with Crippen LogP contribution in [-0.2, 0) is 13.6 Å². The fourth-order valence-corrected chi connectivity index (χ4v) is 2.76. The summed E-state index contributed by atoms with van der Waals surface area (Å²) in [6, 6.07) is 2.41. The van der Waals surface area contributed by atoms with Crippen LogP contribution in [-0.4, -0.2) is 47.6 Å². The normalized spacial score (nSPS) is 12.3. The Hall–Kier alpha value is -0.910. The fraction of sp³-hybridized carbons (Fsp3) is 0.688. The molecule has 7 heteroatoms. The summed E-state index contributed by atoms with van der Waals surface area (Å²) >= 11 is 12.1. The minimum Gasteiger partial charge on any atom is -0.357 e. The summed E-state index contributed by atoms with van der Waals surface area (Å²) in [4.78, 5) is 7.01. The van der Waals surface area contributed by atoms with E-state index >= 15 is 0 Å². The molecule has 0 radical (unpaired) electrons. The van der Waals surface area contributed by atoms with Crippen LogP contribution in [0.3, 0.4) is 0 Å². The lowest BCUT2D eigenvalue weighted by Gasteiger charge is -2.25. The molecule has 0 fully saturated rings. The van der Waals surface area contributed by atoms with Crippen LogP contribution in [0.5, 0.6) is 0 Å². The molecule has 5 nitrogen and oxygen atoms in total. The van der Waals surface area contributed by atoms with Crippen LogP contribution in [0, 0.1) is 0 Å². The number of likely N-dealkylation sites (N-methyl/N-ethyl adjacent to an activating group) is 1. The molecule has 0 aliphatic carbocycles. The van der Waals surface area contributed by atoms with E-state index in [2.05, 4.69) is 48.2 Å². The summed E-state index contributed by atoms with van der Waals surface area (Å²) < 4.78 is 1.86. The molecule has 0 aromatic carbocycles. The molecule has 0 saturated carbocycles. The smallest absolute Gasteiger partial charge is 0.191 e. The highest BCUT2D eigenvalue weighted by atomic mass is 35.5. The van der Waals surface area contributed by atoms with Crippen molar-refractivity contribution in [1.29, 1.82) is 0 Å². The van der Waals surface area contributed by atoms with Crippen molar-refractivity contribution in [2.24, 2.45) is 12.0 Å². The molecule has 0 amide bonds. The van der Waals surface area contributed by atoms with Gasteiger partial charge in [0, 0.05) is 38.4 Å². The topological polar surface area (TPSA) is 44.6 Å². The Morgan fingerprint density at radius 1 is 1.30 bits per heavy atom. The standard InChI is InChI=1S/C16H29Cl2N5/c1-6-19-16(20-8-9-23(7-2)12(3)4)21-11-13-10-14(17)15(18)22(13)5/h10,12H,6-9,11H2,1-5H3,(H2,19,20,21). The predicted octanol–water partition coefficient (Wildman–Crippen LogP) is 3.12. The monoisotopic (exact) mass is 361 g/mol. The van der Waals surface area contributed by atoms with E-state index in [-0.39, 0.29) is 0 Å². The first-order valence-electron chi connectivity index (χ1n) is 8.16. The summed E-state index contributed by atoms with van der Waals surface area (Å²) in [6.45, 7) is 12.9. The van der Waals surface area contributed by atoms with Crippen LogP contribution in [0.2, 0.25) is 10.2 Å². The van der Waals surface area contributed by atoms with E-state index in [9.17, 15) is 0 Å². The highest BCUT2D eigenvalue weighted by Crippen LogP contribution is 2.25. The maximum Gasteiger partial charge on any atom is 0.191 e. The zero-order valence-corrected chi connectivity index (χ0v) is 16.3. The zero-order valence-electron chi connectivity index (χ0n) is 14.8. The fourth-order valence-electron chi connectivity index (χ4n) is 2.34. The highest BCUT2D eigenvalue weighted by molar-refractivity contribution is 6.41. The maximum absolute atomic E-state index is 6.08. The van der Waals surface area contributed by atoms with Crippen molar-refractivity contribution in [2.45, 2.75) is 40.3 Å². The van der Waals surface area contributed by atoms with Crippen molar-refractivity contribution >= 4 is 29.2 Å². The lowest BCUT2D eigenvalue weighted by atomic mass is 10.3. The number of nitrogens with zero attached hydrogens (tertiary/aromatic N) is 3. The van der Waals surface area contributed by atoms with Gasteiger partial charge in [0.15, 0.2) is 5.96 Å². The zero-order chi connectivity index (χ0) is 17.4. The quantitative estimate of drug-likeness (QED) is 0.552. The van der Waals surface area contributed by atoms with Gasteiger partial charge in [-0.3, -0.25) is 4.90 Å². The van der Waals surface area contributed by atoms with Crippen molar-refractivity contribution in [3.05, 3.63) is 21.9 Å². The third-order valence-corrected chi connectivity index (χ3v) is 4.63. The molecule has 1 heterocycles. The molecule has 2 N–H and O–H groups in total. The van der Waals surface area contributed by atoms with Gasteiger partial charge in [-0.2, -0.15) is 0 Å². The molecule has 0 unspecified atom stereocenters. The van der Waals surface area contributed by atoms with E-state index in [1.54, 1.807) is 0 Å². The Labute approximate surface area is 150 Å². The summed E-state index contributed by atoms with van der Waals surface area (Å²) in [5.74, 6) is 0.806. The van der Waals surface area contributed by atoms with Crippen LogP contribution in [0.4, 0.5) is 0 Å². The average Bonchev–Trinajstić information content (AvgIpc) is 2.75. The SMILES string of the molecule is CCNC(=NCc1cc(Cl)c(Cl)n1C)NCCN(CC)C(C)C. The molecule has 1 aromatic rings. The van der Waals surface area contributed by atoms with E-state index in [4.69, 9.17) is 23.2 Å². The minimum atomic E-state index is 0.528. The van der Waals surface area contributed by atoms with Gasteiger partial charge in [0.05, 0.1) is 11.6 Å². The lowest BCUT2D eigenvalue weighted by Crippen LogP contribution is -2.43. The number of aromatic nitrogens is 1. The largest absolute Gasteiger partial charge is 0.357 e. The molecular weight excluding hydrogens is 333 g/mol. The number of halogens is 2. The first-order valence-corrected chi connectivity index (χ1v) is 8.92. The Morgan fingerprint density at radius 3 is 2.48 bits per heavy atom. The van der Waals surface area contributed by atoms with Crippen LogP contribution in [0.25, 0.3) is 0 Å². The van der Waals surface area contributed by atoms with Crippen LogP contribution in [0.15, 0.2) is 11.1 Å². The first-order chi connectivity index (χ1) is 10.9. The Kier molecular flexibility index (Phi) is 8.81. The highest BCUT2D eigenvalue weighted by Gasteiger charge is 2.09. The van der Waals surface area contributed by atoms with Gasteiger partial charge < -0.3 is 15.2 Å². The number of rotatable bonds is 8. The van der Waals surface area contributed by atoms with Crippen LogP contribution in [0.1, 0.15) is 33.4 Å². The third-order valence-electron chi connectivity index (χ3n) is 3.79. The summed E-state index contributed by atoms with van der Waals surface area (Å²) in [5.41, 5.74) is 0.981. The molecule has 0 atom stereocenters. The number of aliphatic imine (C=N–C) groups is 1. The maximum atomic E-state index is 6.08. The molecule has 0 bridgehead atoms. The third kappa shape index (κ3) is 6.24. The predicted molar refractivity (Wildman–Crippen MR) is 101 cm³/mol. The molecule has 1 rings (SSSR count). The van der Waals surface area contributed by atoms with Crippen molar-refractivity contribution in [3.8, 4) is 0 Å². The van der Waals surface area contributed by atoms with Crippen molar-refractivity contribution in [1.82, 2.24) is 20.1 Å². The second-order valence-electron chi connectivity index (χ2n) is 5.68. The van der Waals surface area contributed by atoms with E-state index in [1.165, 1.54) is 0 Å². The van der Waals surface area contributed by atoms with Crippen molar-refractivity contribution < 1.29 is 0 Å². The Bertz CT molecular complexity index is 511. The van der Waals surface area contributed by atoms with E-state index in [1.807, 2.05) is 17.7 Å². The van der Waals surface area contributed by atoms with Gasteiger partial charge in [-0.15, -0.1) is 0 Å². The molecule has 132 valence electrons. The van der Waals surface area contributed by atoms with E-state index in [0.29, 0.717) is 22.8 Å². The van der Waals surface area contributed by atoms with Gasteiger partial charge in [0.1, 0.15) is 5.15 Å². The number of nitrogens with one attached hydrogen (secondary N) is 2. The van der Waals surface area contributed by atoms with Gasteiger partial charge in [-0.25, -0.2) is 4.99 Å². The summed E-state index contributed by atoms with van der Waals surface area (Å²) in [7, 11) is 1.89. The second kappa shape index (κ2) is 10.1. The molecule has 23 heavy (non-hydrogen) atoms. The van der Waals surface area contributed by atoms with E-state index < -0.39 is 0 Å². The number of guanidine groups is 1. The summed E-state index contributed by atoms with van der Waals surface area (Å²) in [5, 5.41) is 7.74. The lowest BCUT2D eigenvalue weighted by molar-refractivity contribution is 0.237. The van der Waals surface area contributed by atoms with Gasteiger partial charge in [0.2, 0.25) is 0 Å². The summed E-state index contributed by atoms with van der Waals surface area (Å²) in [6.07, 6.45) is 0. The minimum absolute atomic E-state index is 0.528.